The minimum absolute atomic E-state index is 0.958. The normalized spacial score (nSPS) is 11.7. The lowest BCUT2D eigenvalue weighted by molar-refractivity contribution is 1.15. The van der Waals surface area contributed by atoms with Crippen molar-refractivity contribution in [3.05, 3.63) is 187 Å². The number of benzene rings is 7. The topological polar surface area (TPSA) is 22.8 Å². The van der Waals surface area contributed by atoms with E-state index in [9.17, 15) is 0 Å². The van der Waals surface area contributed by atoms with Crippen molar-refractivity contribution in [1.29, 1.82) is 0 Å². The van der Waals surface area contributed by atoms with Gasteiger partial charge in [0.2, 0.25) is 0 Å². The number of fused-ring (bicyclic) bond motifs is 6. The molecular weight excluding hydrogens is 643 g/mol. The molecule has 0 atom stereocenters. The predicted molar refractivity (Wildman–Crippen MR) is 223 cm³/mol. The fourth-order valence-electron chi connectivity index (χ4n) is 8.14. The SMILES string of the molecule is Cc1ccc2c(c1)c1ccccc1n2-c1ccc2c(c1)c1ccccc1n2-c1cc(C)c(C)cc1-c1cc(-c2ccccc2)nc(-c2ccccc2)c1. The number of pyridine rings is 1. The molecule has 10 aromatic rings. The third kappa shape index (κ3) is 5.08. The molecule has 0 saturated heterocycles. The summed E-state index contributed by atoms with van der Waals surface area (Å²) in [6.07, 6.45) is 0. The van der Waals surface area contributed by atoms with Crippen LogP contribution in [0.2, 0.25) is 0 Å². The molecule has 0 saturated carbocycles. The molecule has 3 aromatic heterocycles. The van der Waals surface area contributed by atoms with Gasteiger partial charge in [-0.25, -0.2) is 4.98 Å². The van der Waals surface area contributed by atoms with E-state index in [0.29, 0.717) is 0 Å². The van der Waals surface area contributed by atoms with Gasteiger partial charge in [0.1, 0.15) is 0 Å². The van der Waals surface area contributed by atoms with Crippen molar-refractivity contribution in [1.82, 2.24) is 14.1 Å². The summed E-state index contributed by atoms with van der Waals surface area (Å²) in [4.78, 5) is 5.20. The molecular formula is C50H37N3. The van der Waals surface area contributed by atoms with Gasteiger partial charge in [-0.05, 0) is 104 Å². The number of nitrogens with zero attached hydrogens (tertiary/aromatic N) is 3. The molecule has 0 amide bonds. The lowest BCUT2D eigenvalue weighted by Crippen LogP contribution is -2.01. The lowest BCUT2D eigenvalue weighted by Gasteiger charge is -2.18. The Morgan fingerprint density at radius 2 is 0.887 bits per heavy atom. The fraction of sp³-hybridized carbons (Fsp3) is 0.0600. The van der Waals surface area contributed by atoms with Crippen LogP contribution in [-0.4, -0.2) is 14.1 Å². The van der Waals surface area contributed by atoms with Gasteiger partial charge in [-0.3, -0.25) is 0 Å². The molecule has 0 aliphatic rings. The van der Waals surface area contributed by atoms with Gasteiger partial charge in [0.15, 0.2) is 0 Å². The zero-order chi connectivity index (χ0) is 35.6. The van der Waals surface area contributed by atoms with Crippen LogP contribution in [0.3, 0.4) is 0 Å². The largest absolute Gasteiger partial charge is 0.309 e. The Kier molecular flexibility index (Phi) is 7.16. The van der Waals surface area contributed by atoms with Gasteiger partial charge in [-0.2, -0.15) is 0 Å². The van der Waals surface area contributed by atoms with Gasteiger partial charge < -0.3 is 9.13 Å². The van der Waals surface area contributed by atoms with Crippen LogP contribution < -0.4 is 0 Å². The smallest absolute Gasteiger partial charge is 0.0715 e. The summed E-state index contributed by atoms with van der Waals surface area (Å²) in [5.74, 6) is 0. The molecule has 3 heterocycles. The van der Waals surface area contributed by atoms with Crippen LogP contribution in [-0.2, 0) is 0 Å². The lowest BCUT2D eigenvalue weighted by atomic mass is 9.95. The first-order valence-corrected chi connectivity index (χ1v) is 18.3. The van der Waals surface area contributed by atoms with Crippen LogP contribution in [0.1, 0.15) is 16.7 Å². The molecule has 0 radical (unpaired) electrons. The third-order valence-electron chi connectivity index (χ3n) is 10.9. The summed E-state index contributed by atoms with van der Waals surface area (Å²) >= 11 is 0. The summed E-state index contributed by atoms with van der Waals surface area (Å²) in [5, 5.41) is 5.01. The van der Waals surface area contributed by atoms with E-state index in [-0.39, 0.29) is 0 Å². The van der Waals surface area contributed by atoms with E-state index >= 15 is 0 Å². The highest BCUT2D eigenvalue weighted by Crippen LogP contribution is 2.41. The van der Waals surface area contributed by atoms with Gasteiger partial charge in [0.25, 0.3) is 0 Å². The number of hydrogen-bond donors (Lipinski definition) is 0. The van der Waals surface area contributed by atoms with Crippen LogP contribution in [0.5, 0.6) is 0 Å². The second kappa shape index (κ2) is 12.2. The van der Waals surface area contributed by atoms with Gasteiger partial charge in [-0.15, -0.1) is 0 Å². The Bertz CT molecular complexity index is 2960. The first-order valence-electron chi connectivity index (χ1n) is 18.3. The third-order valence-corrected chi connectivity index (χ3v) is 10.9. The summed E-state index contributed by atoms with van der Waals surface area (Å²) in [6.45, 7) is 6.60. The second-order valence-corrected chi connectivity index (χ2v) is 14.2. The minimum Gasteiger partial charge on any atom is -0.309 e. The quantitative estimate of drug-likeness (QED) is 0.178. The van der Waals surface area contributed by atoms with Gasteiger partial charge in [-0.1, -0.05) is 109 Å². The van der Waals surface area contributed by atoms with Crippen molar-refractivity contribution < 1.29 is 0 Å². The van der Waals surface area contributed by atoms with Crippen molar-refractivity contribution in [2.24, 2.45) is 0 Å². The molecule has 0 N–H and O–H groups in total. The highest BCUT2D eigenvalue weighted by atomic mass is 15.0. The van der Waals surface area contributed by atoms with Crippen molar-refractivity contribution >= 4 is 43.6 Å². The van der Waals surface area contributed by atoms with Gasteiger partial charge in [0, 0.05) is 43.9 Å². The van der Waals surface area contributed by atoms with Crippen LogP contribution in [0.25, 0.3) is 88.6 Å². The molecule has 53 heavy (non-hydrogen) atoms. The Labute approximate surface area is 309 Å². The number of aryl methyl sites for hydroxylation is 3. The molecule has 3 heteroatoms. The van der Waals surface area contributed by atoms with E-state index < -0.39 is 0 Å². The molecule has 0 spiro atoms. The van der Waals surface area contributed by atoms with Crippen LogP contribution >= 0.6 is 0 Å². The highest BCUT2D eigenvalue weighted by Gasteiger charge is 2.20. The summed E-state index contributed by atoms with van der Waals surface area (Å²) in [5.41, 5.74) is 17.3. The first kappa shape index (κ1) is 31.1. The molecule has 0 fully saturated rings. The average molecular weight is 680 g/mol. The average Bonchev–Trinajstić information content (AvgIpc) is 3.71. The summed E-state index contributed by atoms with van der Waals surface area (Å²) in [6, 6.07) is 61.6. The summed E-state index contributed by atoms with van der Waals surface area (Å²) in [7, 11) is 0. The predicted octanol–water partition coefficient (Wildman–Crippen LogP) is 13.2. The van der Waals surface area contributed by atoms with Gasteiger partial charge in [0.05, 0.1) is 39.1 Å². The minimum atomic E-state index is 0.958. The number of para-hydroxylation sites is 2. The van der Waals surface area contributed by atoms with Crippen LogP contribution in [0.15, 0.2) is 170 Å². The Morgan fingerprint density at radius 1 is 0.377 bits per heavy atom. The van der Waals surface area contributed by atoms with E-state index in [1.54, 1.807) is 0 Å². The van der Waals surface area contributed by atoms with E-state index in [0.717, 1.165) is 39.5 Å². The zero-order valence-corrected chi connectivity index (χ0v) is 30.0. The van der Waals surface area contributed by atoms with Crippen molar-refractivity contribution in [2.75, 3.05) is 0 Å². The Morgan fingerprint density at radius 3 is 1.55 bits per heavy atom. The molecule has 3 nitrogen and oxygen atoms in total. The number of aromatic nitrogens is 3. The second-order valence-electron chi connectivity index (χ2n) is 14.2. The van der Waals surface area contributed by atoms with E-state index in [2.05, 4.69) is 200 Å². The van der Waals surface area contributed by atoms with E-state index in [4.69, 9.17) is 4.98 Å². The molecule has 0 aliphatic carbocycles. The maximum atomic E-state index is 5.20. The molecule has 7 aromatic carbocycles. The Balaban J connectivity index is 1.24. The molecule has 10 rings (SSSR count). The fourth-order valence-corrected chi connectivity index (χ4v) is 8.14. The maximum Gasteiger partial charge on any atom is 0.0715 e. The maximum absolute atomic E-state index is 5.20. The van der Waals surface area contributed by atoms with Gasteiger partial charge >= 0.3 is 0 Å². The number of hydrogen-bond acceptors (Lipinski definition) is 1. The first-order chi connectivity index (χ1) is 26.0. The van der Waals surface area contributed by atoms with Crippen molar-refractivity contribution in [2.45, 2.75) is 20.8 Å². The zero-order valence-electron chi connectivity index (χ0n) is 30.0. The van der Waals surface area contributed by atoms with Crippen LogP contribution in [0, 0.1) is 20.8 Å². The molecule has 252 valence electrons. The van der Waals surface area contributed by atoms with Crippen molar-refractivity contribution in [3.63, 3.8) is 0 Å². The van der Waals surface area contributed by atoms with E-state index in [1.807, 2.05) is 0 Å². The monoisotopic (exact) mass is 679 g/mol. The standard InChI is InChI=1S/C50H37N3/c1-32-22-24-48-42(26-32)39-18-10-12-20-46(39)52(48)38-23-25-49-43(31-38)40-19-11-13-21-47(40)53(49)50-28-34(3)33(2)27-41(50)37-29-44(35-14-6-4-7-15-35)51-45(30-37)36-16-8-5-9-17-36/h4-31H,1-3H3. The van der Waals surface area contributed by atoms with Crippen molar-refractivity contribution in [3.8, 4) is 45.0 Å². The molecule has 0 aliphatic heterocycles. The highest BCUT2D eigenvalue weighted by molar-refractivity contribution is 6.12. The van der Waals surface area contributed by atoms with Crippen LogP contribution in [0.4, 0.5) is 0 Å². The molecule has 0 bridgehead atoms. The Hall–Kier alpha value is -6.71. The van der Waals surface area contributed by atoms with E-state index in [1.165, 1.54) is 65.9 Å². The number of rotatable bonds is 5. The summed E-state index contributed by atoms with van der Waals surface area (Å²) < 4.78 is 4.89. The molecule has 0 unspecified atom stereocenters.